The van der Waals surface area contributed by atoms with Crippen LogP contribution in [0.2, 0.25) is 10.0 Å². The van der Waals surface area contributed by atoms with Crippen molar-refractivity contribution in [3.05, 3.63) is 58.1 Å². The van der Waals surface area contributed by atoms with Gasteiger partial charge >= 0.3 is 18.9 Å². The van der Waals surface area contributed by atoms with Gasteiger partial charge in [0.25, 0.3) is 0 Å². The van der Waals surface area contributed by atoms with Gasteiger partial charge in [0.05, 0.1) is 22.2 Å². The quantitative estimate of drug-likeness (QED) is 0.582. The van der Waals surface area contributed by atoms with E-state index in [1.54, 1.807) is 18.2 Å². The van der Waals surface area contributed by atoms with Gasteiger partial charge < -0.3 is 6.16 Å². The van der Waals surface area contributed by atoms with Crippen LogP contribution in [0, 0.1) is 5.92 Å². The molecule has 0 spiro atoms. The first-order chi connectivity index (χ1) is 10.5. The molecule has 2 aromatic carbocycles. The number of rotatable bonds is 6. The van der Waals surface area contributed by atoms with Crippen molar-refractivity contribution in [2.24, 2.45) is 5.92 Å². The van der Waals surface area contributed by atoms with Crippen molar-refractivity contribution < 1.29 is 29.8 Å². The topological polar surface area (TPSA) is 26.3 Å². The molecule has 0 fully saturated rings. The fourth-order valence-electron chi connectivity index (χ4n) is 1.81. The molecule has 118 valence electrons. The van der Waals surface area contributed by atoms with Gasteiger partial charge in [-0.05, 0) is 44.1 Å². The van der Waals surface area contributed by atoms with Crippen LogP contribution in [-0.4, -0.2) is 12.1 Å². The third kappa shape index (κ3) is 6.15. The van der Waals surface area contributed by atoms with Crippen molar-refractivity contribution in [2.75, 3.05) is 6.61 Å². The number of benzene rings is 2. The smallest absolute Gasteiger partial charge is 1.00 e. The molecule has 0 aromatic heterocycles. The van der Waals surface area contributed by atoms with Crippen LogP contribution in [0.5, 0.6) is 5.75 Å². The molecule has 0 aliphatic rings. The van der Waals surface area contributed by atoms with Crippen LogP contribution < -0.4 is 28.9 Å². The molecule has 0 saturated carbocycles. The van der Waals surface area contributed by atoms with Crippen LogP contribution >= 0.6 is 31.8 Å². The molecular weight excluding hydrogens is 345 g/mol. The van der Waals surface area contributed by atoms with Crippen LogP contribution in [0.15, 0.2) is 42.5 Å². The van der Waals surface area contributed by atoms with Gasteiger partial charge in [0.2, 0.25) is 0 Å². The van der Waals surface area contributed by atoms with Gasteiger partial charge in [0, 0.05) is 0 Å². The van der Waals surface area contributed by atoms with Gasteiger partial charge in [0.1, 0.15) is 5.75 Å². The number of carbonyl (C=O) groups excluding carboxylic acids is 1. The number of halogens is 2. The molecule has 0 heterocycles. The van der Waals surface area contributed by atoms with Crippen molar-refractivity contribution in [1.29, 1.82) is 0 Å². The van der Waals surface area contributed by atoms with Crippen molar-refractivity contribution in [1.82, 2.24) is 0 Å². The zero-order chi connectivity index (χ0) is 16.1. The second-order valence-corrected chi connectivity index (χ2v) is 7.38. The number of hydrogen-bond acceptors (Lipinski definition) is 2. The predicted molar refractivity (Wildman–Crippen MR) is 96.6 cm³/mol. The Labute approximate surface area is 162 Å². The van der Waals surface area contributed by atoms with Gasteiger partial charge in [-0.1, -0.05) is 55.2 Å². The molecular formula is C17H18Cl2LiO2P. The summed E-state index contributed by atoms with van der Waals surface area (Å²) in [6.07, 6.45) is 0. The van der Waals surface area contributed by atoms with Crippen LogP contribution in [0.4, 0.5) is 0 Å². The average Bonchev–Trinajstić information content (AvgIpc) is 2.46. The van der Waals surface area contributed by atoms with E-state index in [1.807, 2.05) is 24.3 Å². The molecule has 0 bridgehead atoms. The third-order valence-electron chi connectivity index (χ3n) is 2.89. The average molecular weight is 363 g/mol. The van der Waals surface area contributed by atoms with Crippen molar-refractivity contribution in [2.45, 2.75) is 13.8 Å². The molecule has 0 N–H and O–H groups in total. The van der Waals surface area contributed by atoms with Crippen LogP contribution in [0.3, 0.4) is 0 Å². The molecule has 1 unspecified atom stereocenters. The summed E-state index contributed by atoms with van der Waals surface area (Å²) in [4.78, 5) is 12.4. The summed E-state index contributed by atoms with van der Waals surface area (Å²) in [6, 6.07) is 12.6. The Balaban J connectivity index is 0.00000264. The molecule has 0 amide bonds. The molecule has 0 aliphatic carbocycles. The minimum absolute atomic E-state index is 0. The maximum Gasteiger partial charge on any atom is 1.00 e. The summed E-state index contributed by atoms with van der Waals surface area (Å²) in [5.74, 6) is 1.29. The van der Waals surface area contributed by atoms with Gasteiger partial charge in [0.15, 0.2) is 5.52 Å². The molecule has 0 radical (unpaired) electrons. The molecule has 2 rings (SSSR count). The predicted octanol–water partition coefficient (Wildman–Crippen LogP) is 2.29. The second-order valence-electron chi connectivity index (χ2n) is 5.28. The molecule has 2 aromatic rings. The Morgan fingerprint density at radius 1 is 1.13 bits per heavy atom. The van der Waals surface area contributed by atoms with E-state index in [-0.39, 0.29) is 34.4 Å². The van der Waals surface area contributed by atoms with E-state index >= 15 is 0 Å². The number of hydrogen-bond donors (Lipinski definition) is 0. The molecule has 23 heavy (non-hydrogen) atoms. The van der Waals surface area contributed by atoms with Gasteiger partial charge in [-0.25, -0.2) is 0 Å². The standard InChI is InChI=1S/C17H17Cl2O2P.Li.H/c1-11(2)10-21-12-6-8-13(9-7-12)22-17(20)16-14(18)4-3-5-15(16)19;;/h3-9,11,22H,10H2,1-2H3;;/q;+1;-1. The van der Waals surface area contributed by atoms with Gasteiger partial charge in [-0.2, -0.15) is 0 Å². The summed E-state index contributed by atoms with van der Waals surface area (Å²) in [7, 11) is -0.0211. The van der Waals surface area contributed by atoms with E-state index in [4.69, 9.17) is 27.9 Å². The summed E-state index contributed by atoms with van der Waals surface area (Å²) in [5, 5.41) is 1.71. The second kappa shape index (κ2) is 9.73. The Morgan fingerprint density at radius 2 is 1.70 bits per heavy atom. The molecule has 6 heteroatoms. The first kappa shape index (κ1) is 20.6. The monoisotopic (exact) mass is 362 g/mol. The van der Waals surface area contributed by atoms with Gasteiger partial charge in [-0.3, -0.25) is 4.79 Å². The fourth-order valence-corrected chi connectivity index (χ4v) is 3.52. The SMILES string of the molecule is CC(C)COc1ccc(PC(=O)c2c(Cl)cccc2Cl)cc1.[H-].[Li+]. The first-order valence-electron chi connectivity index (χ1n) is 6.95. The molecule has 0 aliphatic heterocycles. The molecule has 2 nitrogen and oxygen atoms in total. The van der Waals surface area contributed by atoms with Crippen LogP contribution in [0.25, 0.3) is 0 Å². The number of ether oxygens (including phenoxy) is 1. The molecule has 0 saturated heterocycles. The Morgan fingerprint density at radius 3 is 2.22 bits per heavy atom. The third-order valence-corrected chi connectivity index (χ3v) is 4.61. The van der Waals surface area contributed by atoms with E-state index in [2.05, 4.69) is 13.8 Å². The summed E-state index contributed by atoms with van der Waals surface area (Å²) in [5.41, 5.74) is 0.329. The zero-order valence-electron chi connectivity index (χ0n) is 14.4. The van der Waals surface area contributed by atoms with Crippen molar-refractivity contribution >= 4 is 42.6 Å². The minimum Gasteiger partial charge on any atom is -1.00 e. The Hall–Kier alpha value is -0.483. The maximum absolute atomic E-state index is 12.4. The van der Waals surface area contributed by atoms with Crippen molar-refractivity contribution in [3.8, 4) is 5.75 Å². The van der Waals surface area contributed by atoms with Crippen LogP contribution in [-0.2, 0) is 0 Å². The summed E-state index contributed by atoms with van der Waals surface area (Å²) >= 11 is 12.1. The van der Waals surface area contributed by atoms with E-state index in [9.17, 15) is 4.79 Å². The number of carbonyl (C=O) groups is 1. The first-order valence-corrected chi connectivity index (χ1v) is 8.71. The Bertz CT molecular complexity index is 646. The maximum atomic E-state index is 12.4. The van der Waals surface area contributed by atoms with E-state index in [0.29, 0.717) is 28.1 Å². The van der Waals surface area contributed by atoms with E-state index < -0.39 is 0 Å². The van der Waals surface area contributed by atoms with Crippen molar-refractivity contribution in [3.63, 3.8) is 0 Å². The van der Waals surface area contributed by atoms with E-state index in [1.165, 1.54) is 0 Å². The van der Waals surface area contributed by atoms with Crippen LogP contribution in [0.1, 0.15) is 25.6 Å². The van der Waals surface area contributed by atoms with Gasteiger partial charge in [-0.15, -0.1) is 0 Å². The summed E-state index contributed by atoms with van der Waals surface area (Å²) < 4.78 is 5.63. The van der Waals surface area contributed by atoms with E-state index in [0.717, 1.165) is 11.1 Å². The molecule has 1 atom stereocenters. The minimum atomic E-state index is -0.0635. The largest absolute Gasteiger partial charge is 1.00 e. The Kier molecular flexibility index (Phi) is 8.70. The normalized spacial score (nSPS) is 10.8. The fraction of sp³-hybridized carbons (Fsp3) is 0.235. The summed E-state index contributed by atoms with van der Waals surface area (Å²) in [6.45, 7) is 4.87. The zero-order valence-corrected chi connectivity index (χ0v) is 15.9.